The first kappa shape index (κ1) is 16.7. The van der Waals surface area contributed by atoms with Gasteiger partial charge in [-0.2, -0.15) is 0 Å². The summed E-state index contributed by atoms with van der Waals surface area (Å²) in [6.07, 6.45) is 1.85. The van der Waals surface area contributed by atoms with E-state index in [9.17, 15) is 4.79 Å². The minimum Gasteiger partial charge on any atom is -0.497 e. The van der Waals surface area contributed by atoms with E-state index in [1.807, 2.05) is 56.3 Å². The number of carbonyl (C=O) groups excluding carboxylic acids is 1. The van der Waals surface area contributed by atoms with Gasteiger partial charge in [0.2, 0.25) is 0 Å². The van der Waals surface area contributed by atoms with E-state index in [-0.39, 0.29) is 5.91 Å². The molecule has 2 aromatic carbocycles. The second kappa shape index (κ2) is 6.79. The van der Waals surface area contributed by atoms with Gasteiger partial charge in [-0.3, -0.25) is 9.69 Å². The summed E-state index contributed by atoms with van der Waals surface area (Å²) in [5.41, 5.74) is 3.95. The van der Waals surface area contributed by atoms with E-state index in [4.69, 9.17) is 17.0 Å². The van der Waals surface area contributed by atoms with Gasteiger partial charge in [0, 0.05) is 0 Å². The van der Waals surface area contributed by atoms with Gasteiger partial charge in [-0.15, -0.1) is 0 Å². The number of benzene rings is 2. The smallest absolute Gasteiger partial charge is 0.270 e. The first-order valence-electron chi connectivity index (χ1n) is 7.49. The van der Waals surface area contributed by atoms with Crippen LogP contribution in [0.2, 0.25) is 0 Å². The summed E-state index contributed by atoms with van der Waals surface area (Å²) in [7, 11) is 1.62. The fraction of sp³-hybridized carbons (Fsp3) is 0.158. The zero-order valence-electron chi connectivity index (χ0n) is 13.7. The lowest BCUT2D eigenvalue weighted by molar-refractivity contribution is -0.113. The van der Waals surface area contributed by atoms with E-state index in [1.54, 1.807) is 12.0 Å². The van der Waals surface area contributed by atoms with Crippen molar-refractivity contribution >= 4 is 46.0 Å². The second-order valence-electron chi connectivity index (χ2n) is 5.58. The number of carbonyl (C=O) groups is 1. The SMILES string of the molecule is COc1cccc(/C=C2\SC(=S)N(c3ccc(C)cc3C)C2=O)c1. The van der Waals surface area contributed by atoms with Crippen molar-refractivity contribution in [2.45, 2.75) is 13.8 Å². The predicted octanol–water partition coefficient (Wildman–Crippen LogP) is 4.72. The summed E-state index contributed by atoms with van der Waals surface area (Å²) < 4.78 is 5.78. The normalized spacial score (nSPS) is 16.1. The van der Waals surface area contributed by atoms with Crippen LogP contribution in [0, 0.1) is 13.8 Å². The molecule has 0 N–H and O–H groups in total. The van der Waals surface area contributed by atoms with E-state index >= 15 is 0 Å². The van der Waals surface area contributed by atoms with E-state index in [1.165, 1.54) is 11.8 Å². The topological polar surface area (TPSA) is 29.5 Å². The Morgan fingerprint density at radius 2 is 1.96 bits per heavy atom. The quantitative estimate of drug-likeness (QED) is 0.589. The number of anilines is 1. The molecule has 122 valence electrons. The summed E-state index contributed by atoms with van der Waals surface area (Å²) in [5.74, 6) is 0.674. The summed E-state index contributed by atoms with van der Waals surface area (Å²) in [5, 5.41) is 0. The minimum absolute atomic E-state index is 0.0835. The van der Waals surface area contributed by atoms with Gasteiger partial charge in [0.05, 0.1) is 17.7 Å². The van der Waals surface area contributed by atoms with Crippen molar-refractivity contribution in [1.29, 1.82) is 0 Å². The highest BCUT2D eigenvalue weighted by Gasteiger charge is 2.34. The molecule has 1 amide bonds. The molecule has 1 heterocycles. The number of methoxy groups -OCH3 is 1. The first-order chi connectivity index (χ1) is 11.5. The number of nitrogens with zero attached hydrogens (tertiary/aromatic N) is 1. The molecule has 1 aliphatic heterocycles. The van der Waals surface area contributed by atoms with E-state index in [2.05, 4.69) is 6.07 Å². The number of rotatable bonds is 3. The molecule has 0 saturated carbocycles. The van der Waals surface area contributed by atoms with Crippen LogP contribution in [0.1, 0.15) is 16.7 Å². The highest BCUT2D eigenvalue weighted by atomic mass is 32.2. The van der Waals surface area contributed by atoms with Gasteiger partial charge < -0.3 is 4.74 Å². The molecule has 0 aliphatic carbocycles. The van der Waals surface area contributed by atoms with Gasteiger partial charge in [0.15, 0.2) is 4.32 Å². The summed E-state index contributed by atoms with van der Waals surface area (Å²) in [6, 6.07) is 13.6. The Labute approximate surface area is 151 Å². The number of hydrogen-bond donors (Lipinski definition) is 0. The predicted molar refractivity (Wildman–Crippen MR) is 105 cm³/mol. The van der Waals surface area contributed by atoms with Crippen LogP contribution >= 0.6 is 24.0 Å². The molecule has 5 heteroatoms. The Hall–Kier alpha value is -2.11. The Morgan fingerprint density at radius 1 is 1.17 bits per heavy atom. The van der Waals surface area contributed by atoms with Gasteiger partial charge in [-0.25, -0.2) is 0 Å². The highest BCUT2D eigenvalue weighted by molar-refractivity contribution is 8.27. The number of thioether (sulfide) groups is 1. The molecule has 0 bridgehead atoms. The van der Waals surface area contributed by atoms with Crippen molar-refractivity contribution in [1.82, 2.24) is 0 Å². The van der Waals surface area contributed by atoms with Crippen LogP contribution < -0.4 is 9.64 Å². The Kier molecular flexibility index (Phi) is 4.73. The molecule has 0 aromatic heterocycles. The number of amides is 1. The van der Waals surface area contributed by atoms with Gasteiger partial charge in [-0.05, 0) is 49.2 Å². The molecule has 1 fully saturated rings. The van der Waals surface area contributed by atoms with Crippen molar-refractivity contribution in [2.24, 2.45) is 0 Å². The lowest BCUT2D eigenvalue weighted by Crippen LogP contribution is -2.28. The van der Waals surface area contributed by atoms with Crippen LogP contribution in [0.15, 0.2) is 47.4 Å². The molecular weight excluding hydrogens is 338 g/mol. The largest absolute Gasteiger partial charge is 0.497 e. The monoisotopic (exact) mass is 355 g/mol. The number of ether oxygens (including phenoxy) is 1. The highest BCUT2D eigenvalue weighted by Crippen LogP contribution is 2.37. The average Bonchev–Trinajstić information content (AvgIpc) is 2.82. The van der Waals surface area contributed by atoms with Crippen molar-refractivity contribution < 1.29 is 9.53 Å². The molecule has 0 atom stereocenters. The van der Waals surface area contributed by atoms with Crippen molar-refractivity contribution in [2.75, 3.05) is 12.0 Å². The zero-order valence-corrected chi connectivity index (χ0v) is 15.3. The molecule has 0 unspecified atom stereocenters. The fourth-order valence-electron chi connectivity index (χ4n) is 2.61. The molecule has 0 radical (unpaired) electrons. The molecule has 1 aliphatic rings. The second-order valence-corrected chi connectivity index (χ2v) is 7.26. The van der Waals surface area contributed by atoms with E-state index in [0.717, 1.165) is 28.1 Å². The molecule has 3 nitrogen and oxygen atoms in total. The van der Waals surface area contributed by atoms with E-state index in [0.29, 0.717) is 9.23 Å². The maximum Gasteiger partial charge on any atom is 0.270 e. The standard InChI is InChI=1S/C19H17NO2S2/c1-12-7-8-16(13(2)9-12)20-18(21)17(24-19(20)23)11-14-5-4-6-15(10-14)22-3/h4-11H,1-3H3/b17-11-. The summed E-state index contributed by atoms with van der Waals surface area (Å²) in [6.45, 7) is 4.02. The number of hydrogen-bond acceptors (Lipinski definition) is 4. The third kappa shape index (κ3) is 3.23. The van der Waals surface area contributed by atoms with Crippen LogP contribution in [0.5, 0.6) is 5.75 Å². The Balaban J connectivity index is 1.95. The summed E-state index contributed by atoms with van der Waals surface area (Å²) in [4.78, 5) is 15.1. The maximum atomic E-state index is 12.8. The minimum atomic E-state index is -0.0835. The molecule has 1 saturated heterocycles. The number of thiocarbonyl (C=S) groups is 1. The van der Waals surface area contributed by atoms with Gasteiger partial charge in [0.1, 0.15) is 5.75 Å². The molecular formula is C19H17NO2S2. The van der Waals surface area contributed by atoms with Gasteiger partial charge in [-0.1, -0.05) is 53.8 Å². The van der Waals surface area contributed by atoms with E-state index < -0.39 is 0 Å². The number of aryl methyl sites for hydroxylation is 2. The van der Waals surface area contributed by atoms with Crippen LogP contribution in [0.25, 0.3) is 6.08 Å². The Morgan fingerprint density at radius 3 is 2.67 bits per heavy atom. The zero-order chi connectivity index (χ0) is 17.3. The third-order valence-electron chi connectivity index (χ3n) is 3.78. The van der Waals surface area contributed by atoms with Crippen LogP contribution in [-0.4, -0.2) is 17.3 Å². The van der Waals surface area contributed by atoms with Crippen molar-refractivity contribution in [3.63, 3.8) is 0 Å². The lowest BCUT2D eigenvalue weighted by atomic mass is 10.1. The molecule has 2 aromatic rings. The average molecular weight is 355 g/mol. The molecule has 0 spiro atoms. The van der Waals surface area contributed by atoms with Crippen molar-refractivity contribution in [3.05, 3.63) is 64.1 Å². The first-order valence-corrected chi connectivity index (χ1v) is 8.71. The van der Waals surface area contributed by atoms with Gasteiger partial charge >= 0.3 is 0 Å². The molecule has 24 heavy (non-hydrogen) atoms. The molecule has 3 rings (SSSR count). The van der Waals surface area contributed by atoms with Gasteiger partial charge in [0.25, 0.3) is 5.91 Å². The fourth-order valence-corrected chi connectivity index (χ4v) is 3.90. The lowest BCUT2D eigenvalue weighted by Gasteiger charge is -2.17. The Bertz CT molecular complexity index is 858. The maximum absolute atomic E-state index is 12.8. The van der Waals surface area contributed by atoms with Crippen LogP contribution in [-0.2, 0) is 4.79 Å². The van der Waals surface area contributed by atoms with Crippen molar-refractivity contribution in [3.8, 4) is 5.75 Å². The third-order valence-corrected chi connectivity index (χ3v) is 5.08. The summed E-state index contributed by atoms with van der Waals surface area (Å²) >= 11 is 6.76. The van der Waals surface area contributed by atoms with Crippen LogP contribution in [0.3, 0.4) is 0 Å². The van der Waals surface area contributed by atoms with Crippen LogP contribution in [0.4, 0.5) is 5.69 Å².